The zero-order valence-corrected chi connectivity index (χ0v) is 10.1. The van der Waals surface area contributed by atoms with Gasteiger partial charge in [-0.2, -0.15) is 0 Å². The quantitative estimate of drug-likeness (QED) is 0.752. The Kier molecular flexibility index (Phi) is 3.67. The molecule has 0 heterocycles. The fraction of sp³-hybridized carbons (Fsp3) is 0.300. The lowest BCUT2D eigenvalue weighted by Gasteiger charge is -2.09. The number of Topliss-reactive ketones (excluding diaryl/α,β-unsaturated/α-hetero) is 1. The highest BCUT2D eigenvalue weighted by Crippen LogP contribution is 2.31. The normalized spacial score (nSPS) is 12.6. The summed E-state index contributed by atoms with van der Waals surface area (Å²) in [6.45, 7) is 3.05. The number of carbonyl (C=O) groups is 1. The Morgan fingerprint density at radius 2 is 2.14 bits per heavy atom. The molecule has 1 aromatic rings. The Hall–Kier alpha value is -0.410. The van der Waals surface area contributed by atoms with Gasteiger partial charge in [0.15, 0.2) is 0 Å². The molecule has 0 aliphatic heterocycles. The van der Waals surface area contributed by atoms with Crippen LogP contribution in [0.4, 0.5) is 4.39 Å². The Balaban J connectivity index is 3.22. The van der Waals surface area contributed by atoms with E-state index in [1.54, 1.807) is 6.92 Å². The second kappa shape index (κ2) is 4.41. The molecule has 1 unspecified atom stereocenters. The van der Waals surface area contributed by atoms with E-state index in [-0.39, 0.29) is 11.6 Å². The Labute approximate surface area is 95.4 Å². The Morgan fingerprint density at radius 1 is 1.57 bits per heavy atom. The van der Waals surface area contributed by atoms with Crippen molar-refractivity contribution in [1.29, 1.82) is 0 Å². The molecule has 0 radical (unpaired) electrons. The number of ketones is 1. The van der Waals surface area contributed by atoms with Crippen LogP contribution in [0.5, 0.6) is 0 Å². The first-order chi connectivity index (χ1) is 6.43. The van der Waals surface area contributed by atoms with E-state index in [1.165, 1.54) is 19.1 Å². The third kappa shape index (κ3) is 2.34. The van der Waals surface area contributed by atoms with Gasteiger partial charge >= 0.3 is 0 Å². The van der Waals surface area contributed by atoms with Crippen molar-refractivity contribution in [3.63, 3.8) is 0 Å². The van der Waals surface area contributed by atoms with Crippen molar-refractivity contribution in [3.8, 4) is 0 Å². The molecule has 0 N–H and O–H groups in total. The summed E-state index contributed by atoms with van der Waals surface area (Å²) < 4.78 is 13.2. The van der Waals surface area contributed by atoms with E-state index < -0.39 is 4.83 Å². The number of hydrogen-bond donors (Lipinski definition) is 0. The predicted octanol–water partition coefficient (Wildman–Crippen LogP) is 3.81. The maximum Gasteiger partial charge on any atom is 0.147 e. The lowest BCUT2D eigenvalue weighted by molar-refractivity contribution is -0.116. The topological polar surface area (TPSA) is 17.1 Å². The summed E-state index contributed by atoms with van der Waals surface area (Å²) in [6, 6.07) is 2.81. The Bertz CT molecular complexity index is 379. The van der Waals surface area contributed by atoms with Gasteiger partial charge in [-0.15, -0.1) is 0 Å². The number of halogens is 3. The van der Waals surface area contributed by atoms with Crippen molar-refractivity contribution in [3.05, 3.63) is 34.1 Å². The molecule has 76 valence electrons. The molecule has 14 heavy (non-hydrogen) atoms. The molecule has 0 aliphatic carbocycles. The molecule has 1 aromatic carbocycles. The maximum atomic E-state index is 13.2. The van der Waals surface area contributed by atoms with Crippen LogP contribution in [0, 0.1) is 12.7 Å². The molecule has 1 rings (SSSR count). The minimum atomic E-state index is -0.537. The molecule has 1 atom stereocenters. The largest absolute Gasteiger partial charge is 0.298 e. The first kappa shape index (κ1) is 11.7. The number of rotatable bonds is 2. The van der Waals surface area contributed by atoms with Crippen LogP contribution in [-0.4, -0.2) is 5.78 Å². The van der Waals surface area contributed by atoms with Gasteiger partial charge in [-0.1, -0.05) is 27.5 Å². The van der Waals surface area contributed by atoms with Crippen molar-refractivity contribution >= 4 is 33.3 Å². The molecule has 0 spiro atoms. The summed E-state index contributed by atoms with van der Waals surface area (Å²) in [7, 11) is 0. The minimum Gasteiger partial charge on any atom is -0.298 e. The minimum absolute atomic E-state index is 0.102. The number of alkyl halides is 1. The van der Waals surface area contributed by atoms with Crippen LogP contribution in [0.25, 0.3) is 0 Å². The van der Waals surface area contributed by atoms with E-state index in [0.29, 0.717) is 16.1 Å². The van der Waals surface area contributed by atoms with E-state index >= 15 is 0 Å². The van der Waals surface area contributed by atoms with Crippen molar-refractivity contribution in [1.82, 2.24) is 0 Å². The summed E-state index contributed by atoms with van der Waals surface area (Å²) >= 11 is 9.05. The second-order valence-electron chi connectivity index (χ2n) is 3.10. The average molecular weight is 280 g/mol. The number of benzene rings is 1. The van der Waals surface area contributed by atoms with Gasteiger partial charge in [0, 0.05) is 5.02 Å². The van der Waals surface area contributed by atoms with Gasteiger partial charge in [-0.05, 0) is 37.1 Å². The summed E-state index contributed by atoms with van der Waals surface area (Å²) in [6.07, 6.45) is 0. The van der Waals surface area contributed by atoms with Crippen LogP contribution < -0.4 is 0 Å². The zero-order valence-electron chi connectivity index (χ0n) is 7.77. The average Bonchev–Trinajstić information content (AvgIpc) is 2.10. The standard InChI is InChI=1S/C10H9BrClFO/c1-5-3-8(12)7(4-9(5)13)10(11)6(2)14/h3-4,10H,1-2H3. The SMILES string of the molecule is CC(=O)C(Br)c1cc(F)c(C)cc1Cl. The van der Waals surface area contributed by atoms with Crippen LogP contribution >= 0.6 is 27.5 Å². The van der Waals surface area contributed by atoms with Gasteiger partial charge in [0.25, 0.3) is 0 Å². The predicted molar refractivity (Wildman–Crippen MR) is 58.5 cm³/mol. The van der Waals surface area contributed by atoms with Crippen LogP contribution in [0.1, 0.15) is 22.9 Å². The van der Waals surface area contributed by atoms with Crippen LogP contribution in [-0.2, 0) is 4.79 Å². The van der Waals surface area contributed by atoms with Crippen molar-refractivity contribution in [2.24, 2.45) is 0 Å². The summed E-state index contributed by atoms with van der Waals surface area (Å²) in [4.78, 5) is 10.5. The highest BCUT2D eigenvalue weighted by atomic mass is 79.9. The lowest BCUT2D eigenvalue weighted by Crippen LogP contribution is -2.03. The molecule has 0 saturated carbocycles. The fourth-order valence-electron chi connectivity index (χ4n) is 1.07. The van der Waals surface area contributed by atoms with Gasteiger partial charge in [0.05, 0.1) is 4.83 Å². The molecule has 4 heteroatoms. The van der Waals surface area contributed by atoms with Gasteiger partial charge in [-0.3, -0.25) is 4.79 Å². The van der Waals surface area contributed by atoms with E-state index in [2.05, 4.69) is 15.9 Å². The monoisotopic (exact) mass is 278 g/mol. The number of aryl methyl sites for hydroxylation is 1. The molecule has 0 amide bonds. The molecular weight excluding hydrogens is 270 g/mol. The molecule has 0 bridgehead atoms. The summed E-state index contributed by atoms with van der Waals surface area (Å²) in [5.41, 5.74) is 0.948. The van der Waals surface area contributed by atoms with E-state index in [9.17, 15) is 9.18 Å². The number of hydrogen-bond acceptors (Lipinski definition) is 1. The number of carbonyl (C=O) groups excluding carboxylic acids is 1. The molecule has 1 nitrogen and oxygen atoms in total. The van der Waals surface area contributed by atoms with Crippen molar-refractivity contribution < 1.29 is 9.18 Å². The third-order valence-corrected chi connectivity index (χ3v) is 3.37. The fourth-order valence-corrected chi connectivity index (χ4v) is 1.91. The molecule has 0 fully saturated rings. The van der Waals surface area contributed by atoms with Gasteiger partial charge < -0.3 is 0 Å². The zero-order chi connectivity index (χ0) is 10.9. The highest BCUT2D eigenvalue weighted by Gasteiger charge is 2.17. The Morgan fingerprint density at radius 3 is 2.64 bits per heavy atom. The van der Waals surface area contributed by atoms with Crippen LogP contribution in [0.3, 0.4) is 0 Å². The molecule has 0 aliphatic rings. The van der Waals surface area contributed by atoms with Crippen molar-refractivity contribution in [2.75, 3.05) is 0 Å². The molecule has 0 aromatic heterocycles. The molecule has 0 saturated heterocycles. The van der Waals surface area contributed by atoms with Gasteiger partial charge in [0.1, 0.15) is 11.6 Å². The molecular formula is C10H9BrClFO. The second-order valence-corrected chi connectivity index (χ2v) is 4.42. The van der Waals surface area contributed by atoms with Crippen molar-refractivity contribution in [2.45, 2.75) is 18.7 Å². The summed E-state index contributed by atoms with van der Waals surface area (Å²) in [5, 5.41) is 0.404. The van der Waals surface area contributed by atoms with E-state index in [1.807, 2.05) is 0 Å². The van der Waals surface area contributed by atoms with Gasteiger partial charge in [0.2, 0.25) is 0 Å². The van der Waals surface area contributed by atoms with E-state index in [4.69, 9.17) is 11.6 Å². The lowest BCUT2D eigenvalue weighted by atomic mass is 10.1. The highest BCUT2D eigenvalue weighted by molar-refractivity contribution is 9.09. The van der Waals surface area contributed by atoms with Gasteiger partial charge in [-0.25, -0.2) is 4.39 Å². The maximum absolute atomic E-state index is 13.2. The van der Waals surface area contributed by atoms with E-state index in [0.717, 1.165) is 0 Å². The summed E-state index contributed by atoms with van der Waals surface area (Å²) in [5.74, 6) is -0.453. The first-order valence-electron chi connectivity index (χ1n) is 4.03. The first-order valence-corrected chi connectivity index (χ1v) is 5.33. The van der Waals surface area contributed by atoms with Crippen LogP contribution in [0.2, 0.25) is 5.02 Å². The smallest absolute Gasteiger partial charge is 0.147 e. The van der Waals surface area contributed by atoms with Crippen LogP contribution in [0.15, 0.2) is 12.1 Å². The third-order valence-electron chi connectivity index (χ3n) is 1.91.